The molecule has 0 aliphatic carbocycles. The van der Waals surface area contributed by atoms with Gasteiger partial charge >= 0.3 is 0 Å². The highest BCUT2D eigenvalue weighted by molar-refractivity contribution is 6.30. The largest absolute Gasteiger partial charge is 0.484 e. The minimum atomic E-state index is -0.324. The SMILES string of the molecule is CCCCN(C(=O)COc1ccc(Cl)cc1)C(CC)c1nc2ccccc2c(=O)n1C. The lowest BCUT2D eigenvalue weighted by Crippen LogP contribution is -2.41. The van der Waals surface area contributed by atoms with Gasteiger partial charge in [0.25, 0.3) is 11.5 Å². The second-order valence-electron chi connectivity index (χ2n) is 7.46. The first kappa shape index (κ1) is 22.8. The molecule has 0 saturated heterocycles. The Hall–Kier alpha value is -2.86. The Labute approximate surface area is 187 Å². The van der Waals surface area contributed by atoms with E-state index in [4.69, 9.17) is 21.3 Å². The Balaban J connectivity index is 1.91. The summed E-state index contributed by atoms with van der Waals surface area (Å²) in [6.45, 7) is 4.56. The van der Waals surface area contributed by atoms with Crippen molar-refractivity contribution in [1.82, 2.24) is 14.5 Å². The number of aromatic nitrogens is 2. The maximum absolute atomic E-state index is 13.2. The third-order valence-corrected chi connectivity index (χ3v) is 5.58. The van der Waals surface area contributed by atoms with Crippen molar-refractivity contribution in [3.8, 4) is 5.75 Å². The number of para-hydroxylation sites is 1. The van der Waals surface area contributed by atoms with Crippen molar-refractivity contribution >= 4 is 28.4 Å². The molecule has 164 valence electrons. The Bertz CT molecular complexity index is 1100. The van der Waals surface area contributed by atoms with Crippen LogP contribution in [0.3, 0.4) is 0 Å². The number of ether oxygens (including phenoxy) is 1. The fourth-order valence-electron chi connectivity index (χ4n) is 3.62. The number of halogens is 1. The predicted octanol–water partition coefficient (Wildman–Crippen LogP) is 4.75. The van der Waals surface area contributed by atoms with Crippen LogP contribution in [-0.2, 0) is 11.8 Å². The van der Waals surface area contributed by atoms with E-state index < -0.39 is 0 Å². The number of hydrogen-bond donors (Lipinski definition) is 0. The van der Waals surface area contributed by atoms with E-state index in [2.05, 4.69) is 6.92 Å². The number of carbonyl (C=O) groups excluding carboxylic acids is 1. The van der Waals surface area contributed by atoms with Gasteiger partial charge in [0.2, 0.25) is 0 Å². The number of unbranched alkanes of at least 4 members (excludes halogenated alkanes) is 1. The minimum absolute atomic E-state index is 0.0939. The summed E-state index contributed by atoms with van der Waals surface area (Å²) in [7, 11) is 1.71. The van der Waals surface area contributed by atoms with Crippen molar-refractivity contribution in [3.05, 3.63) is 69.7 Å². The average Bonchev–Trinajstić information content (AvgIpc) is 2.79. The summed E-state index contributed by atoms with van der Waals surface area (Å²) in [5, 5.41) is 1.18. The van der Waals surface area contributed by atoms with E-state index in [1.165, 1.54) is 0 Å². The summed E-state index contributed by atoms with van der Waals surface area (Å²) >= 11 is 5.91. The van der Waals surface area contributed by atoms with E-state index >= 15 is 0 Å². The molecule has 0 radical (unpaired) electrons. The van der Waals surface area contributed by atoms with Gasteiger partial charge in [0.1, 0.15) is 11.6 Å². The predicted molar refractivity (Wildman–Crippen MR) is 124 cm³/mol. The van der Waals surface area contributed by atoms with Gasteiger partial charge in [-0.1, -0.05) is 44.0 Å². The van der Waals surface area contributed by atoms with Crippen LogP contribution >= 0.6 is 11.6 Å². The molecule has 31 heavy (non-hydrogen) atoms. The van der Waals surface area contributed by atoms with Crippen LogP contribution in [0.1, 0.15) is 45.0 Å². The van der Waals surface area contributed by atoms with Gasteiger partial charge in [-0.3, -0.25) is 14.2 Å². The molecule has 1 aromatic heterocycles. The molecular formula is C24H28ClN3O3. The molecule has 0 N–H and O–H groups in total. The average molecular weight is 442 g/mol. The van der Waals surface area contributed by atoms with Crippen LogP contribution in [0.2, 0.25) is 5.02 Å². The molecule has 0 bridgehead atoms. The first-order valence-electron chi connectivity index (χ1n) is 10.6. The summed E-state index contributed by atoms with van der Waals surface area (Å²) in [4.78, 5) is 32.6. The van der Waals surface area contributed by atoms with E-state index in [1.807, 2.05) is 25.1 Å². The summed E-state index contributed by atoms with van der Waals surface area (Å²) in [5.41, 5.74) is 0.527. The van der Waals surface area contributed by atoms with Crippen LogP contribution in [0.15, 0.2) is 53.3 Å². The minimum Gasteiger partial charge on any atom is -0.484 e. The lowest BCUT2D eigenvalue weighted by Gasteiger charge is -2.32. The number of carbonyl (C=O) groups is 1. The molecule has 0 fully saturated rings. The van der Waals surface area contributed by atoms with Gasteiger partial charge in [0.15, 0.2) is 6.61 Å². The molecule has 1 atom stereocenters. The van der Waals surface area contributed by atoms with E-state index in [9.17, 15) is 9.59 Å². The molecule has 0 spiro atoms. The molecule has 0 aliphatic heterocycles. The van der Waals surface area contributed by atoms with Gasteiger partial charge in [-0.2, -0.15) is 0 Å². The lowest BCUT2D eigenvalue weighted by molar-refractivity contribution is -0.136. The number of rotatable bonds is 9. The Morgan fingerprint density at radius 3 is 2.55 bits per heavy atom. The zero-order valence-electron chi connectivity index (χ0n) is 18.2. The van der Waals surface area contributed by atoms with Crippen molar-refractivity contribution < 1.29 is 9.53 Å². The van der Waals surface area contributed by atoms with Gasteiger partial charge in [-0.15, -0.1) is 0 Å². The molecule has 3 rings (SSSR count). The van der Waals surface area contributed by atoms with Gasteiger partial charge in [-0.25, -0.2) is 4.98 Å². The Morgan fingerprint density at radius 2 is 1.87 bits per heavy atom. The molecule has 2 aromatic carbocycles. The third kappa shape index (κ3) is 5.25. The van der Waals surface area contributed by atoms with Crippen LogP contribution < -0.4 is 10.3 Å². The molecule has 0 aliphatic rings. The number of amides is 1. The van der Waals surface area contributed by atoms with Crippen LogP contribution in [0.5, 0.6) is 5.75 Å². The molecule has 1 unspecified atom stereocenters. The van der Waals surface area contributed by atoms with E-state index in [0.717, 1.165) is 12.8 Å². The highest BCUT2D eigenvalue weighted by atomic mass is 35.5. The second-order valence-corrected chi connectivity index (χ2v) is 7.90. The van der Waals surface area contributed by atoms with E-state index in [0.29, 0.717) is 40.5 Å². The third-order valence-electron chi connectivity index (χ3n) is 5.33. The Kier molecular flexibility index (Phi) is 7.69. The van der Waals surface area contributed by atoms with Crippen LogP contribution in [-0.4, -0.2) is 33.5 Å². The fourth-order valence-corrected chi connectivity index (χ4v) is 3.74. The lowest BCUT2D eigenvalue weighted by atomic mass is 10.1. The van der Waals surface area contributed by atoms with E-state index in [-0.39, 0.29) is 24.1 Å². The highest BCUT2D eigenvalue weighted by Crippen LogP contribution is 2.24. The van der Waals surface area contributed by atoms with Crippen LogP contribution in [0.4, 0.5) is 0 Å². The molecule has 7 heteroatoms. The maximum atomic E-state index is 13.2. The zero-order chi connectivity index (χ0) is 22.4. The fraction of sp³-hybridized carbons (Fsp3) is 0.375. The van der Waals surface area contributed by atoms with E-state index in [1.54, 1.807) is 46.8 Å². The van der Waals surface area contributed by atoms with Crippen LogP contribution in [0.25, 0.3) is 10.9 Å². The van der Waals surface area contributed by atoms with Gasteiger partial charge in [0.05, 0.1) is 16.9 Å². The number of nitrogens with zero attached hydrogens (tertiary/aromatic N) is 3. The normalized spacial score (nSPS) is 12.0. The molecular weight excluding hydrogens is 414 g/mol. The van der Waals surface area contributed by atoms with Crippen molar-refractivity contribution in [2.75, 3.05) is 13.2 Å². The molecule has 6 nitrogen and oxygen atoms in total. The first-order chi connectivity index (χ1) is 15.0. The highest BCUT2D eigenvalue weighted by Gasteiger charge is 2.27. The standard InChI is InChI=1S/C24H28ClN3O3/c1-4-6-15-28(22(29)16-31-18-13-11-17(25)12-14-18)21(5-2)23-26-20-10-8-7-9-19(20)24(30)27(23)3/h7-14,21H,4-6,15-16H2,1-3H3. The van der Waals surface area contributed by atoms with Crippen molar-refractivity contribution in [2.24, 2.45) is 7.05 Å². The smallest absolute Gasteiger partial charge is 0.261 e. The monoisotopic (exact) mass is 441 g/mol. The maximum Gasteiger partial charge on any atom is 0.261 e. The quantitative estimate of drug-likeness (QED) is 0.480. The second kappa shape index (κ2) is 10.4. The van der Waals surface area contributed by atoms with Crippen molar-refractivity contribution in [1.29, 1.82) is 0 Å². The topological polar surface area (TPSA) is 64.4 Å². The Morgan fingerprint density at radius 1 is 1.16 bits per heavy atom. The van der Waals surface area contributed by atoms with Crippen molar-refractivity contribution in [2.45, 2.75) is 39.2 Å². The number of hydrogen-bond acceptors (Lipinski definition) is 4. The number of fused-ring (bicyclic) bond motifs is 1. The zero-order valence-corrected chi connectivity index (χ0v) is 18.9. The molecule has 1 amide bonds. The van der Waals surface area contributed by atoms with Gasteiger partial charge < -0.3 is 9.64 Å². The van der Waals surface area contributed by atoms with Crippen molar-refractivity contribution in [3.63, 3.8) is 0 Å². The molecule has 3 aromatic rings. The summed E-state index contributed by atoms with van der Waals surface area (Å²) in [6.07, 6.45) is 2.43. The molecule has 0 saturated carbocycles. The summed E-state index contributed by atoms with van der Waals surface area (Å²) in [5.74, 6) is 1.03. The summed E-state index contributed by atoms with van der Waals surface area (Å²) < 4.78 is 7.26. The van der Waals surface area contributed by atoms with Gasteiger partial charge in [0, 0.05) is 18.6 Å². The van der Waals surface area contributed by atoms with Gasteiger partial charge in [-0.05, 0) is 49.2 Å². The first-order valence-corrected chi connectivity index (χ1v) is 11.0. The van der Waals surface area contributed by atoms with Crippen LogP contribution in [0, 0.1) is 0 Å². The molecule has 1 heterocycles. The number of benzene rings is 2. The summed E-state index contributed by atoms with van der Waals surface area (Å²) in [6, 6.07) is 13.9.